The molecule has 20 heavy (non-hydrogen) atoms. The van der Waals surface area contributed by atoms with Crippen molar-refractivity contribution < 1.29 is 9.53 Å². The average Bonchev–Trinajstić information content (AvgIpc) is 2.37. The lowest BCUT2D eigenvalue weighted by Crippen LogP contribution is -2.16. The van der Waals surface area contributed by atoms with E-state index in [9.17, 15) is 4.79 Å². The molecule has 0 fully saturated rings. The summed E-state index contributed by atoms with van der Waals surface area (Å²) in [4.78, 5) is 11.7. The van der Waals surface area contributed by atoms with Crippen molar-refractivity contribution in [2.75, 3.05) is 5.32 Å². The van der Waals surface area contributed by atoms with Crippen LogP contribution in [0.25, 0.3) is 0 Å². The first kappa shape index (κ1) is 15.0. The summed E-state index contributed by atoms with van der Waals surface area (Å²) in [5, 5.41) is 3.85. The van der Waals surface area contributed by atoms with Gasteiger partial charge in [-0.15, -0.1) is 0 Å². The minimum absolute atomic E-state index is 0.228. The Morgan fingerprint density at radius 2 is 1.80 bits per heavy atom. The van der Waals surface area contributed by atoms with Crippen molar-refractivity contribution in [2.24, 2.45) is 0 Å². The summed E-state index contributed by atoms with van der Waals surface area (Å²) in [7, 11) is 0. The van der Waals surface area contributed by atoms with Gasteiger partial charge in [0.2, 0.25) is 0 Å². The number of halogens is 3. The molecule has 0 spiro atoms. The van der Waals surface area contributed by atoms with Gasteiger partial charge >= 0.3 is 6.09 Å². The minimum atomic E-state index is -0.658. The second-order valence-corrected chi connectivity index (χ2v) is 5.30. The molecule has 2 aromatic rings. The molecule has 3 nitrogen and oxygen atoms in total. The van der Waals surface area contributed by atoms with E-state index in [1.807, 2.05) is 6.92 Å². The molecular formula is C14H10Cl3NO2. The zero-order chi connectivity index (χ0) is 14.7. The highest BCUT2D eigenvalue weighted by atomic mass is 35.5. The van der Waals surface area contributed by atoms with Gasteiger partial charge in [0.25, 0.3) is 0 Å². The van der Waals surface area contributed by atoms with Gasteiger partial charge in [0.05, 0.1) is 5.02 Å². The lowest BCUT2D eigenvalue weighted by Gasteiger charge is -2.09. The van der Waals surface area contributed by atoms with Gasteiger partial charge in [-0.1, -0.05) is 40.9 Å². The maximum absolute atomic E-state index is 11.7. The fourth-order valence-electron chi connectivity index (χ4n) is 1.47. The van der Waals surface area contributed by atoms with Crippen molar-refractivity contribution in [3.8, 4) is 5.75 Å². The van der Waals surface area contributed by atoms with E-state index >= 15 is 0 Å². The van der Waals surface area contributed by atoms with Crippen LogP contribution in [0.2, 0.25) is 15.1 Å². The molecule has 0 aliphatic rings. The molecule has 2 rings (SSSR count). The minimum Gasteiger partial charge on any atom is -0.409 e. The Labute approximate surface area is 131 Å². The van der Waals surface area contributed by atoms with Crippen LogP contribution in [0, 0.1) is 6.92 Å². The van der Waals surface area contributed by atoms with Gasteiger partial charge in [-0.2, -0.15) is 0 Å². The molecular weight excluding hydrogens is 321 g/mol. The number of anilines is 1. The number of ether oxygens (including phenoxy) is 1. The number of carbonyl (C=O) groups excluding carboxylic acids is 1. The largest absolute Gasteiger partial charge is 0.417 e. The first-order valence-electron chi connectivity index (χ1n) is 5.66. The number of hydrogen-bond donors (Lipinski definition) is 1. The number of benzene rings is 2. The first-order chi connectivity index (χ1) is 9.45. The number of aryl methyl sites for hydroxylation is 1. The molecule has 0 radical (unpaired) electrons. The molecule has 0 saturated carbocycles. The molecule has 104 valence electrons. The van der Waals surface area contributed by atoms with Gasteiger partial charge in [0.1, 0.15) is 0 Å². The smallest absolute Gasteiger partial charge is 0.409 e. The fraction of sp³-hybridized carbons (Fsp3) is 0.0714. The summed E-state index contributed by atoms with van der Waals surface area (Å²) in [5.41, 5.74) is 1.46. The molecule has 6 heteroatoms. The van der Waals surface area contributed by atoms with Crippen LogP contribution >= 0.6 is 34.8 Å². The lowest BCUT2D eigenvalue weighted by atomic mass is 10.2. The van der Waals surface area contributed by atoms with E-state index in [2.05, 4.69) is 5.32 Å². The highest BCUT2D eigenvalue weighted by Crippen LogP contribution is 2.28. The standard InChI is InChI=1S/C14H10Cl3NO2/c1-8-2-4-10(7-11(8)16)18-14(19)20-13-5-3-9(15)6-12(13)17/h2-7H,1H3,(H,18,19). The van der Waals surface area contributed by atoms with E-state index in [1.165, 1.54) is 12.1 Å². The number of nitrogens with one attached hydrogen (secondary N) is 1. The van der Waals surface area contributed by atoms with Crippen LogP contribution in [-0.4, -0.2) is 6.09 Å². The maximum atomic E-state index is 11.7. The van der Waals surface area contributed by atoms with E-state index in [0.717, 1.165) is 5.56 Å². The Balaban J connectivity index is 2.07. The highest BCUT2D eigenvalue weighted by Gasteiger charge is 2.09. The van der Waals surface area contributed by atoms with E-state index in [1.54, 1.807) is 24.3 Å². The fourth-order valence-corrected chi connectivity index (χ4v) is 2.10. The summed E-state index contributed by atoms with van der Waals surface area (Å²) in [6.07, 6.45) is -0.658. The molecule has 0 bridgehead atoms. The summed E-state index contributed by atoms with van der Waals surface area (Å²) < 4.78 is 5.09. The first-order valence-corrected chi connectivity index (χ1v) is 6.79. The van der Waals surface area contributed by atoms with Crippen molar-refractivity contribution in [3.05, 3.63) is 57.0 Å². The quantitative estimate of drug-likeness (QED) is 0.782. The second-order valence-electron chi connectivity index (χ2n) is 4.05. The van der Waals surface area contributed by atoms with Crippen LogP contribution in [0.4, 0.5) is 10.5 Å². The summed E-state index contributed by atoms with van der Waals surface area (Å²) >= 11 is 17.6. The molecule has 1 amide bonds. The Kier molecular flexibility index (Phi) is 4.76. The van der Waals surface area contributed by atoms with Crippen LogP contribution in [0.1, 0.15) is 5.56 Å². The molecule has 0 aliphatic carbocycles. The summed E-state index contributed by atoms with van der Waals surface area (Å²) in [6, 6.07) is 9.76. The molecule has 0 aromatic heterocycles. The van der Waals surface area contributed by atoms with E-state index in [0.29, 0.717) is 15.7 Å². The Morgan fingerprint density at radius 3 is 2.45 bits per heavy atom. The lowest BCUT2D eigenvalue weighted by molar-refractivity contribution is 0.215. The Bertz CT molecular complexity index is 659. The monoisotopic (exact) mass is 329 g/mol. The van der Waals surface area contributed by atoms with Gasteiger partial charge in [-0.25, -0.2) is 4.79 Å². The summed E-state index contributed by atoms with van der Waals surface area (Å²) in [5.74, 6) is 0.228. The third kappa shape index (κ3) is 3.79. The Hall–Kier alpha value is -1.42. The van der Waals surface area contributed by atoms with Crippen LogP contribution in [0.3, 0.4) is 0 Å². The highest BCUT2D eigenvalue weighted by molar-refractivity contribution is 6.35. The van der Waals surface area contributed by atoms with Crippen LogP contribution in [-0.2, 0) is 0 Å². The number of carbonyl (C=O) groups is 1. The normalized spacial score (nSPS) is 10.2. The number of hydrogen-bond acceptors (Lipinski definition) is 2. The summed E-state index contributed by atoms with van der Waals surface area (Å²) in [6.45, 7) is 1.87. The van der Waals surface area contributed by atoms with E-state index < -0.39 is 6.09 Å². The van der Waals surface area contributed by atoms with Crippen molar-refractivity contribution in [1.29, 1.82) is 0 Å². The third-order valence-corrected chi connectivity index (χ3v) is 3.45. The van der Waals surface area contributed by atoms with E-state index in [-0.39, 0.29) is 10.8 Å². The van der Waals surface area contributed by atoms with Crippen molar-refractivity contribution in [2.45, 2.75) is 6.92 Å². The molecule has 0 unspecified atom stereocenters. The maximum Gasteiger partial charge on any atom is 0.417 e. The van der Waals surface area contributed by atoms with Crippen LogP contribution < -0.4 is 10.1 Å². The molecule has 0 heterocycles. The zero-order valence-electron chi connectivity index (χ0n) is 10.4. The predicted molar refractivity (Wildman–Crippen MR) is 82.3 cm³/mol. The van der Waals surface area contributed by atoms with Crippen molar-refractivity contribution >= 4 is 46.6 Å². The third-order valence-electron chi connectivity index (χ3n) is 2.51. The zero-order valence-corrected chi connectivity index (χ0v) is 12.7. The molecule has 2 aromatic carbocycles. The van der Waals surface area contributed by atoms with Crippen LogP contribution in [0.5, 0.6) is 5.75 Å². The molecule has 0 saturated heterocycles. The molecule has 1 N–H and O–H groups in total. The van der Waals surface area contributed by atoms with Gasteiger partial charge in [-0.3, -0.25) is 5.32 Å². The Morgan fingerprint density at radius 1 is 1.05 bits per heavy atom. The topological polar surface area (TPSA) is 38.3 Å². The molecule has 0 atom stereocenters. The van der Waals surface area contributed by atoms with Gasteiger partial charge in [-0.05, 0) is 42.8 Å². The van der Waals surface area contributed by atoms with Gasteiger partial charge in [0.15, 0.2) is 5.75 Å². The van der Waals surface area contributed by atoms with Gasteiger partial charge < -0.3 is 4.74 Å². The predicted octanol–water partition coefficient (Wildman–Crippen LogP) is 5.57. The van der Waals surface area contributed by atoms with Crippen molar-refractivity contribution in [1.82, 2.24) is 0 Å². The van der Waals surface area contributed by atoms with Gasteiger partial charge in [0, 0.05) is 15.7 Å². The number of amides is 1. The van der Waals surface area contributed by atoms with Crippen LogP contribution in [0.15, 0.2) is 36.4 Å². The second kappa shape index (κ2) is 6.35. The number of rotatable bonds is 2. The average molecular weight is 331 g/mol. The van der Waals surface area contributed by atoms with E-state index in [4.69, 9.17) is 39.5 Å². The van der Waals surface area contributed by atoms with Crippen molar-refractivity contribution in [3.63, 3.8) is 0 Å². The SMILES string of the molecule is Cc1ccc(NC(=O)Oc2ccc(Cl)cc2Cl)cc1Cl. The molecule has 0 aliphatic heterocycles.